The molecule has 0 spiro atoms. The molecule has 0 aliphatic heterocycles. The van der Waals surface area contributed by atoms with Crippen LogP contribution in [0, 0.1) is 11.3 Å². The summed E-state index contributed by atoms with van der Waals surface area (Å²) in [6.45, 7) is 4.92. The van der Waals surface area contributed by atoms with Crippen LogP contribution in [0.4, 0.5) is 0 Å². The summed E-state index contributed by atoms with van der Waals surface area (Å²) in [5.74, 6) is 1.26. The molecule has 2 aromatic rings. The topological polar surface area (TPSA) is 45.0 Å². The zero-order valence-corrected chi connectivity index (χ0v) is 13.6. The molecule has 0 bridgehead atoms. The predicted molar refractivity (Wildman–Crippen MR) is 87.3 cm³/mol. The Morgan fingerprint density at radius 1 is 1.19 bits per heavy atom. The van der Waals surface area contributed by atoms with Crippen LogP contribution in [0.2, 0.25) is 0 Å². The van der Waals surface area contributed by atoms with Crippen LogP contribution in [0.15, 0.2) is 46.9 Å². The fraction of sp³-hybridized carbons (Fsp3) is 0.235. The Balaban J connectivity index is 2.21. The Morgan fingerprint density at radius 2 is 1.95 bits per heavy atom. The van der Waals surface area contributed by atoms with Gasteiger partial charge >= 0.3 is 0 Å². The Kier molecular flexibility index (Phi) is 5.38. The van der Waals surface area contributed by atoms with Gasteiger partial charge in [-0.25, -0.2) is 0 Å². The molecule has 0 aliphatic carbocycles. The number of benzene rings is 2. The van der Waals surface area contributed by atoms with Crippen molar-refractivity contribution in [3.05, 3.63) is 58.1 Å². The summed E-state index contributed by atoms with van der Waals surface area (Å²) in [6.07, 6.45) is 0. The van der Waals surface area contributed by atoms with Crippen LogP contribution in [0.25, 0.3) is 0 Å². The summed E-state index contributed by atoms with van der Waals surface area (Å²) in [4.78, 5) is 0. The number of ether oxygens (including phenoxy) is 1. The van der Waals surface area contributed by atoms with Gasteiger partial charge in [0.25, 0.3) is 0 Å². The van der Waals surface area contributed by atoms with Gasteiger partial charge in [-0.2, -0.15) is 5.26 Å². The van der Waals surface area contributed by atoms with Crippen LogP contribution in [-0.2, 0) is 6.54 Å². The molecule has 0 fully saturated rings. The van der Waals surface area contributed by atoms with E-state index in [-0.39, 0.29) is 0 Å². The molecule has 0 radical (unpaired) electrons. The first kappa shape index (κ1) is 15.6. The molecule has 0 aliphatic rings. The second kappa shape index (κ2) is 7.26. The predicted octanol–water partition coefficient (Wildman–Crippen LogP) is 4.61. The van der Waals surface area contributed by atoms with E-state index in [2.05, 4.69) is 41.2 Å². The number of hydrogen-bond acceptors (Lipinski definition) is 3. The maximum atomic E-state index is 9.31. The number of nitrogens with one attached hydrogen (secondary N) is 1. The van der Waals surface area contributed by atoms with E-state index in [1.807, 2.05) is 42.5 Å². The number of hydrogen-bond donors (Lipinski definition) is 1. The second-order valence-corrected chi connectivity index (χ2v) is 5.86. The van der Waals surface area contributed by atoms with Gasteiger partial charge < -0.3 is 10.1 Å². The minimum atomic E-state index is 0.409. The molecule has 0 saturated carbocycles. The zero-order valence-electron chi connectivity index (χ0n) is 12.1. The minimum Gasteiger partial charge on any atom is -0.455 e. The molecular weight excluding hydrogens is 328 g/mol. The van der Waals surface area contributed by atoms with E-state index >= 15 is 0 Å². The van der Waals surface area contributed by atoms with Gasteiger partial charge in [0.15, 0.2) is 0 Å². The first-order valence-electron chi connectivity index (χ1n) is 6.79. The highest BCUT2D eigenvalue weighted by molar-refractivity contribution is 9.10. The van der Waals surface area contributed by atoms with Gasteiger partial charge in [-0.05, 0) is 45.8 Å². The molecule has 2 aromatic carbocycles. The third-order valence-electron chi connectivity index (χ3n) is 2.94. The van der Waals surface area contributed by atoms with Gasteiger partial charge in [-0.1, -0.05) is 32.0 Å². The molecule has 21 heavy (non-hydrogen) atoms. The van der Waals surface area contributed by atoms with Gasteiger partial charge in [0.05, 0.1) is 10.0 Å². The molecule has 108 valence electrons. The summed E-state index contributed by atoms with van der Waals surface area (Å²) in [7, 11) is 0. The summed E-state index contributed by atoms with van der Waals surface area (Å²) in [5, 5.41) is 12.6. The van der Waals surface area contributed by atoms with Crippen LogP contribution in [0.1, 0.15) is 25.0 Å². The SMILES string of the molecule is CC(C)NCc1ccc(Oc2ccccc2Br)c(C#N)c1. The Labute approximate surface area is 133 Å². The Morgan fingerprint density at radius 3 is 2.62 bits per heavy atom. The Bertz CT molecular complexity index is 662. The van der Waals surface area contributed by atoms with Crippen molar-refractivity contribution in [3.63, 3.8) is 0 Å². The van der Waals surface area contributed by atoms with Crippen LogP contribution in [0.3, 0.4) is 0 Å². The zero-order chi connectivity index (χ0) is 15.2. The van der Waals surface area contributed by atoms with Crippen LogP contribution < -0.4 is 10.1 Å². The van der Waals surface area contributed by atoms with Crippen molar-refractivity contribution in [2.75, 3.05) is 0 Å². The average molecular weight is 345 g/mol. The smallest absolute Gasteiger partial charge is 0.145 e. The van der Waals surface area contributed by atoms with Crippen LogP contribution in [-0.4, -0.2) is 6.04 Å². The van der Waals surface area contributed by atoms with Gasteiger partial charge in [0.2, 0.25) is 0 Å². The molecule has 0 aromatic heterocycles. The number of halogens is 1. The fourth-order valence-electron chi connectivity index (χ4n) is 1.83. The maximum absolute atomic E-state index is 9.31. The molecule has 3 nitrogen and oxygen atoms in total. The number of rotatable bonds is 5. The quantitative estimate of drug-likeness (QED) is 0.861. The number of nitrogens with zero attached hydrogens (tertiary/aromatic N) is 1. The van der Waals surface area contributed by atoms with Gasteiger partial charge in [-0.3, -0.25) is 0 Å². The lowest BCUT2D eigenvalue weighted by atomic mass is 10.1. The molecule has 0 saturated heterocycles. The first-order chi connectivity index (χ1) is 10.1. The summed E-state index contributed by atoms with van der Waals surface area (Å²) >= 11 is 3.44. The van der Waals surface area contributed by atoms with E-state index in [1.54, 1.807) is 0 Å². The van der Waals surface area contributed by atoms with E-state index in [0.29, 0.717) is 23.1 Å². The largest absolute Gasteiger partial charge is 0.455 e. The average Bonchev–Trinajstić information content (AvgIpc) is 2.48. The summed E-state index contributed by atoms with van der Waals surface area (Å²) in [5.41, 5.74) is 1.61. The summed E-state index contributed by atoms with van der Waals surface area (Å²) in [6, 6.07) is 15.9. The van der Waals surface area contributed by atoms with E-state index in [1.165, 1.54) is 0 Å². The van der Waals surface area contributed by atoms with Crippen molar-refractivity contribution < 1.29 is 4.74 Å². The van der Waals surface area contributed by atoms with E-state index in [0.717, 1.165) is 16.6 Å². The molecular formula is C17H17BrN2O. The molecule has 0 unspecified atom stereocenters. The van der Waals surface area contributed by atoms with Crippen molar-refractivity contribution in [1.29, 1.82) is 5.26 Å². The lowest BCUT2D eigenvalue weighted by molar-refractivity contribution is 0.477. The third-order valence-corrected chi connectivity index (χ3v) is 3.59. The molecule has 0 amide bonds. The van der Waals surface area contributed by atoms with Crippen LogP contribution in [0.5, 0.6) is 11.5 Å². The van der Waals surface area contributed by atoms with Crippen molar-refractivity contribution >= 4 is 15.9 Å². The van der Waals surface area contributed by atoms with Crippen molar-refractivity contribution in [2.45, 2.75) is 26.4 Å². The lowest BCUT2D eigenvalue weighted by Gasteiger charge is -2.12. The van der Waals surface area contributed by atoms with E-state index in [4.69, 9.17) is 4.74 Å². The van der Waals surface area contributed by atoms with Crippen molar-refractivity contribution in [3.8, 4) is 17.6 Å². The highest BCUT2D eigenvalue weighted by Crippen LogP contribution is 2.31. The fourth-order valence-corrected chi connectivity index (χ4v) is 2.20. The third kappa shape index (κ3) is 4.32. The summed E-state index contributed by atoms with van der Waals surface area (Å²) < 4.78 is 6.68. The number of nitriles is 1. The minimum absolute atomic E-state index is 0.409. The monoisotopic (exact) mass is 344 g/mol. The molecule has 1 N–H and O–H groups in total. The molecule has 0 atom stereocenters. The highest BCUT2D eigenvalue weighted by Gasteiger charge is 2.08. The van der Waals surface area contributed by atoms with Crippen molar-refractivity contribution in [2.24, 2.45) is 0 Å². The number of para-hydroxylation sites is 1. The van der Waals surface area contributed by atoms with Gasteiger partial charge in [-0.15, -0.1) is 0 Å². The van der Waals surface area contributed by atoms with Crippen LogP contribution >= 0.6 is 15.9 Å². The molecule has 0 heterocycles. The molecule has 2 rings (SSSR count). The second-order valence-electron chi connectivity index (χ2n) is 5.01. The first-order valence-corrected chi connectivity index (χ1v) is 7.58. The molecule has 4 heteroatoms. The van der Waals surface area contributed by atoms with E-state index in [9.17, 15) is 5.26 Å². The highest BCUT2D eigenvalue weighted by atomic mass is 79.9. The standard InChI is InChI=1S/C17H17BrN2O/c1-12(2)20-11-13-7-8-16(14(9-13)10-19)21-17-6-4-3-5-15(17)18/h3-9,12,20H,11H2,1-2H3. The lowest BCUT2D eigenvalue weighted by Crippen LogP contribution is -2.21. The normalized spacial score (nSPS) is 10.4. The Hall–Kier alpha value is -1.83. The van der Waals surface area contributed by atoms with Gasteiger partial charge in [0, 0.05) is 12.6 Å². The van der Waals surface area contributed by atoms with Crippen molar-refractivity contribution in [1.82, 2.24) is 5.32 Å². The van der Waals surface area contributed by atoms with Gasteiger partial charge in [0.1, 0.15) is 17.6 Å². The maximum Gasteiger partial charge on any atom is 0.145 e. The van der Waals surface area contributed by atoms with E-state index < -0.39 is 0 Å².